The first-order chi connectivity index (χ1) is 13.0. The first-order valence-corrected chi connectivity index (χ1v) is 10.2. The summed E-state index contributed by atoms with van der Waals surface area (Å²) in [5.74, 6) is 0.633. The highest BCUT2D eigenvalue weighted by molar-refractivity contribution is 6.30. The van der Waals surface area contributed by atoms with Crippen molar-refractivity contribution >= 4 is 23.5 Å². The van der Waals surface area contributed by atoms with Crippen LogP contribution in [0.3, 0.4) is 0 Å². The van der Waals surface area contributed by atoms with Crippen LogP contribution in [-0.4, -0.2) is 56.0 Å². The Balaban J connectivity index is 0.000000370. The minimum absolute atomic E-state index is 0.113. The van der Waals surface area contributed by atoms with E-state index in [9.17, 15) is 0 Å². The maximum absolute atomic E-state index is 7.07. The molecule has 0 spiro atoms. The molecule has 0 bridgehead atoms. The Hall–Kier alpha value is -1.79. The largest absolute Gasteiger partial charge is 0.370 e. The predicted octanol–water partition coefficient (Wildman–Crippen LogP) is 3.70. The van der Waals surface area contributed by atoms with Gasteiger partial charge in [-0.15, -0.1) is 0 Å². The van der Waals surface area contributed by atoms with Gasteiger partial charge in [-0.05, 0) is 57.0 Å². The molecule has 2 rings (SSSR count). The monoisotopic (exact) mass is 408 g/mol. The van der Waals surface area contributed by atoms with Crippen molar-refractivity contribution < 1.29 is 0 Å². The van der Waals surface area contributed by atoms with Gasteiger partial charge in [0.2, 0.25) is 0 Å². The molecule has 1 unspecified atom stereocenters. The molecule has 1 aliphatic carbocycles. The van der Waals surface area contributed by atoms with Crippen LogP contribution in [0.2, 0.25) is 5.02 Å². The van der Waals surface area contributed by atoms with Crippen LogP contribution in [0.1, 0.15) is 45.1 Å². The molecule has 1 aromatic carbocycles. The van der Waals surface area contributed by atoms with E-state index in [1.54, 1.807) is 14.1 Å². The molecule has 7 heteroatoms. The van der Waals surface area contributed by atoms with E-state index in [-0.39, 0.29) is 11.9 Å². The smallest absolute Gasteiger partial charge is 0.197 e. The molecule has 6 nitrogen and oxygen atoms in total. The van der Waals surface area contributed by atoms with Gasteiger partial charge in [0.15, 0.2) is 11.9 Å². The lowest BCUT2D eigenvalue weighted by Gasteiger charge is -2.51. The number of nitrogens with two attached hydrogens (primary N) is 1. The van der Waals surface area contributed by atoms with E-state index in [1.165, 1.54) is 36.1 Å². The predicted molar refractivity (Wildman–Crippen MR) is 120 cm³/mol. The molecule has 0 aromatic heterocycles. The number of hydrogen-bond acceptors (Lipinski definition) is 3. The summed E-state index contributed by atoms with van der Waals surface area (Å²) < 4.78 is 0. The van der Waals surface area contributed by atoms with Gasteiger partial charge in [-0.2, -0.15) is 0 Å². The van der Waals surface area contributed by atoms with Gasteiger partial charge < -0.3 is 15.5 Å². The fourth-order valence-corrected chi connectivity index (χ4v) is 3.90. The molecule has 0 heterocycles. The van der Waals surface area contributed by atoms with Gasteiger partial charge in [0.1, 0.15) is 0 Å². The third kappa shape index (κ3) is 6.67. The van der Waals surface area contributed by atoms with E-state index in [0.717, 1.165) is 10.9 Å². The summed E-state index contributed by atoms with van der Waals surface area (Å²) in [7, 11) is 7.84. The third-order valence-corrected chi connectivity index (χ3v) is 5.57. The summed E-state index contributed by atoms with van der Waals surface area (Å²) in [5.41, 5.74) is 6.76. The second-order valence-electron chi connectivity index (χ2n) is 8.41. The maximum atomic E-state index is 7.07. The number of hydrogen-bond donors (Lipinski definition) is 4. The third-order valence-electron chi connectivity index (χ3n) is 5.32. The van der Waals surface area contributed by atoms with Crippen LogP contribution in [0.25, 0.3) is 0 Å². The Bertz CT molecular complexity index is 635. The first-order valence-electron chi connectivity index (χ1n) is 9.79. The van der Waals surface area contributed by atoms with E-state index in [4.69, 9.17) is 28.2 Å². The van der Waals surface area contributed by atoms with E-state index >= 15 is 0 Å². The minimum Gasteiger partial charge on any atom is -0.370 e. The van der Waals surface area contributed by atoms with Crippen LogP contribution in [-0.2, 0) is 5.41 Å². The number of halogens is 1. The van der Waals surface area contributed by atoms with Crippen molar-refractivity contribution in [2.75, 3.05) is 28.2 Å². The zero-order valence-corrected chi connectivity index (χ0v) is 18.9. The lowest BCUT2D eigenvalue weighted by atomic mass is 9.58. The summed E-state index contributed by atoms with van der Waals surface area (Å²) in [6, 6.07) is 9.18. The molecule has 0 amide bonds. The molecule has 1 fully saturated rings. The highest BCUT2D eigenvalue weighted by Crippen LogP contribution is 2.49. The van der Waals surface area contributed by atoms with Crippen LogP contribution in [0.15, 0.2) is 24.3 Å². The molecule has 28 heavy (non-hydrogen) atoms. The van der Waals surface area contributed by atoms with Crippen LogP contribution in [0.4, 0.5) is 0 Å². The summed E-state index contributed by atoms with van der Waals surface area (Å²) in [6.07, 6.45) is 5.23. The van der Waals surface area contributed by atoms with E-state index in [2.05, 4.69) is 50.3 Å². The Labute approximate surface area is 175 Å². The van der Waals surface area contributed by atoms with Gasteiger partial charge in [-0.1, -0.05) is 44.0 Å². The lowest BCUT2D eigenvalue weighted by molar-refractivity contribution is 0.0808. The first kappa shape index (κ1) is 24.2. The lowest BCUT2D eigenvalue weighted by Crippen LogP contribution is -2.52. The molecule has 0 saturated heterocycles. The molecule has 0 aliphatic heterocycles. The number of benzene rings is 1. The highest BCUT2D eigenvalue weighted by atomic mass is 35.5. The van der Waals surface area contributed by atoms with Gasteiger partial charge in [0.05, 0.1) is 0 Å². The molecule has 1 aliphatic rings. The topological polar surface area (TPSA) is 92.2 Å². The second kappa shape index (κ2) is 10.7. The Morgan fingerprint density at radius 3 is 1.96 bits per heavy atom. The van der Waals surface area contributed by atoms with Gasteiger partial charge >= 0.3 is 0 Å². The average molecular weight is 409 g/mol. The molecule has 5 N–H and O–H groups in total. The van der Waals surface area contributed by atoms with Crippen LogP contribution in [0.5, 0.6) is 0 Å². The van der Waals surface area contributed by atoms with E-state index in [1.807, 2.05) is 12.1 Å². The number of nitrogens with one attached hydrogen (secondary N) is 3. The Kier molecular flexibility index (Phi) is 9.24. The Morgan fingerprint density at radius 2 is 1.68 bits per heavy atom. The van der Waals surface area contributed by atoms with E-state index < -0.39 is 0 Å². The fraction of sp³-hybridized carbons (Fsp3) is 0.619. The second-order valence-corrected chi connectivity index (χ2v) is 8.84. The minimum atomic E-state index is -0.214. The van der Waals surface area contributed by atoms with Crippen molar-refractivity contribution in [3.05, 3.63) is 34.9 Å². The van der Waals surface area contributed by atoms with Crippen molar-refractivity contribution in [1.82, 2.24) is 15.1 Å². The fourth-order valence-electron chi connectivity index (χ4n) is 3.77. The highest BCUT2D eigenvalue weighted by Gasteiger charge is 2.46. The summed E-state index contributed by atoms with van der Waals surface area (Å²) in [6.45, 7) is 4.65. The molecular weight excluding hydrogens is 372 g/mol. The van der Waals surface area contributed by atoms with E-state index in [0.29, 0.717) is 11.5 Å². The van der Waals surface area contributed by atoms with Gasteiger partial charge in [0, 0.05) is 30.6 Å². The van der Waals surface area contributed by atoms with Gasteiger partial charge in [-0.3, -0.25) is 16.1 Å². The maximum Gasteiger partial charge on any atom is 0.197 e. The Morgan fingerprint density at radius 1 is 1.14 bits per heavy atom. The number of likely N-dealkylation sites (N-methyl/N-ethyl adjacent to an activating group) is 1. The molecule has 0 radical (unpaired) electrons. The van der Waals surface area contributed by atoms with Crippen LogP contribution >= 0.6 is 11.6 Å². The van der Waals surface area contributed by atoms with Gasteiger partial charge in [-0.25, -0.2) is 0 Å². The molecule has 1 atom stereocenters. The number of guanidine groups is 2. The van der Waals surface area contributed by atoms with Gasteiger partial charge in [0.25, 0.3) is 0 Å². The van der Waals surface area contributed by atoms with Crippen molar-refractivity contribution in [2.45, 2.75) is 51.0 Å². The molecule has 158 valence electrons. The zero-order valence-electron chi connectivity index (χ0n) is 18.1. The normalized spacial score (nSPS) is 15.9. The van der Waals surface area contributed by atoms with Crippen molar-refractivity contribution in [3.63, 3.8) is 0 Å². The summed E-state index contributed by atoms with van der Waals surface area (Å²) in [5, 5.41) is 16.9. The van der Waals surface area contributed by atoms with Crippen molar-refractivity contribution in [1.29, 1.82) is 10.8 Å². The molecule has 1 aromatic rings. The van der Waals surface area contributed by atoms with Crippen molar-refractivity contribution in [2.24, 2.45) is 11.7 Å². The van der Waals surface area contributed by atoms with Crippen LogP contribution < -0.4 is 11.1 Å². The quantitative estimate of drug-likeness (QED) is 0.441. The average Bonchev–Trinajstić information content (AvgIpc) is 2.54. The summed E-state index contributed by atoms with van der Waals surface area (Å²) >= 11 is 6.04. The van der Waals surface area contributed by atoms with Crippen molar-refractivity contribution in [3.8, 4) is 0 Å². The van der Waals surface area contributed by atoms with Crippen LogP contribution in [0, 0.1) is 16.7 Å². The molecule has 1 saturated carbocycles. The SMILES string of the molecule is CC(C)CC(N(C)C)C1(c2ccc(Cl)cc2)CCC1.CN(C)C(=N)NC(=N)N. The molecular formula is C21H37ClN6. The zero-order chi connectivity index (χ0) is 21.5. The number of rotatable bonds is 5. The summed E-state index contributed by atoms with van der Waals surface area (Å²) in [4.78, 5) is 3.94. The number of nitrogens with zero attached hydrogens (tertiary/aromatic N) is 2. The standard InChI is InChI=1S/C17H26ClN.C4H11N5/c1-13(2)12-16(19(3)4)17(10-5-11-17)14-6-8-15(18)9-7-14;1-9(2)4(7)8-3(5)6/h6-9,13,16H,5,10-12H2,1-4H3;1-2H3,(H5,5,6,7,8).